The van der Waals surface area contributed by atoms with Crippen LogP contribution in [0.1, 0.15) is 22.8 Å². The van der Waals surface area contributed by atoms with Crippen LogP contribution in [0.4, 0.5) is 0 Å². The minimum Gasteiger partial charge on any atom is -0.392 e. The van der Waals surface area contributed by atoms with Gasteiger partial charge in [0, 0.05) is 13.1 Å². The van der Waals surface area contributed by atoms with Gasteiger partial charge in [0.1, 0.15) is 0 Å². The zero-order valence-electron chi connectivity index (χ0n) is 13.9. The fourth-order valence-electron chi connectivity index (χ4n) is 3.02. The molecule has 2 N–H and O–H groups in total. The largest absolute Gasteiger partial charge is 0.392 e. The molecule has 0 bridgehead atoms. The lowest BCUT2D eigenvalue weighted by Gasteiger charge is -2.21. The van der Waals surface area contributed by atoms with Crippen molar-refractivity contribution in [3.05, 3.63) is 83.4 Å². The first-order chi connectivity index (χ1) is 11.7. The van der Waals surface area contributed by atoms with Gasteiger partial charge in [-0.3, -0.25) is 4.90 Å². The topological polar surface area (TPSA) is 43.7 Å². The Labute approximate surface area is 142 Å². The van der Waals surface area contributed by atoms with Crippen molar-refractivity contribution in [3.8, 4) is 0 Å². The van der Waals surface area contributed by atoms with Gasteiger partial charge in [0.05, 0.1) is 12.7 Å². The van der Waals surface area contributed by atoms with Crippen molar-refractivity contribution in [3.63, 3.8) is 0 Å². The number of aliphatic hydroxyl groups excluding tert-OH is 2. The van der Waals surface area contributed by atoms with Gasteiger partial charge in [0.25, 0.3) is 0 Å². The fraction of sp³-hybridized carbons (Fsp3) is 0.238. The van der Waals surface area contributed by atoms with E-state index in [9.17, 15) is 10.2 Å². The Morgan fingerprint density at radius 3 is 2.42 bits per heavy atom. The van der Waals surface area contributed by atoms with Gasteiger partial charge in [0.15, 0.2) is 0 Å². The van der Waals surface area contributed by atoms with Crippen molar-refractivity contribution >= 4 is 10.8 Å². The van der Waals surface area contributed by atoms with E-state index < -0.39 is 6.10 Å². The molecular weight excluding hydrogens is 298 g/mol. The fourth-order valence-corrected chi connectivity index (χ4v) is 3.02. The van der Waals surface area contributed by atoms with Gasteiger partial charge in [-0.05, 0) is 40.6 Å². The Bertz CT molecular complexity index is 816. The van der Waals surface area contributed by atoms with E-state index in [1.165, 1.54) is 5.39 Å². The Balaban J connectivity index is 1.67. The van der Waals surface area contributed by atoms with Crippen molar-refractivity contribution < 1.29 is 10.2 Å². The molecule has 3 nitrogen and oxygen atoms in total. The van der Waals surface area contributed by atoms with E-state index in [4.69, 9.17) is 0 Å². The smallest absolute Gasteiger partial charge is 0.0917 e. The summed E-state index contributed by atoms with van der Waals surface area (Å²) in [5, 5.41) is 22.1. The third-order valence-corrected chi connectivity index (χ3v) is 4.27. The number of likely N-dealkylation sites (N-methyl/N-ethyl adjacent to an activating group) is 1. The number of aliphatic hydroxyl groups is 2. The molecule has 0 saturated heterocycles. The van der Waals surface area contributed by atoms with Crippen molar-refractivity contribution in [2.75, 3.05) is 13.6 Å². The highest BCUT2D eigenvalue weighted by Gasteiger charge is 2.12. The van der Waals surface area contributed by atoms with Crippen LogP contribution in [0.2, 0.25) is 0 Å². The SMILES string of the molecule is CN(Cc1cccc(CO)c1)CC(O)c1ccc2ccccc2c1. The molecule has 0 fully saturated rings. The number of nitrogens with zero attached hydrogens (tertiary/aromatic N) is 1. The first-order valence-corrected chi connectivity index (χ1v) is 8.19. The molecule has 1 unspecified atom stereocenters. The normalized spacial score (nSPS) is 12.7. The van der Waals surface area contributed by atoms with Crippen LogP contribution in [0.15, 0.2) is 66.7 Å². The summed E-state index contributed by atoms with van der Waals surface area (Å²) in [6, 6.07) is 22.2. The molecule has 0 saturated carbocycles. The van der Waals surface area contributed by atoms with Crippen LogP contribution in [0, 0.1) is 0 Å². The van der Waals surface area contributed by atoms with Crippen LogP contribution in [0.25, 0.3) is 10.8 Å². The molecule has 124 valence electrons. The predicted octanol–water partition coefficient (Wildman–Crippen LogP) is 3.50. The van der Waals surface area contributed by atoms with Crippen LogP contribution in [-0.4, -0.2) is 28.7 Å². The van der Waals surface area contributed by atoms with Gasteiger partial charge in [-0.2, -0.15) is 0 Å². The summed E-state index contributed by atoms with van der Waals surface area (Å²) in [5.74, 6) is 0. The van der Waals surface area contributed by atoms with E-state index >= 15 is 0 Å². The van der Waals surface area contributed by atoms with Gasteiger partial charge in [-0.15, -0.1) is 0 Å². The molecule has 0 aliphatic carbocycles. The Morgan fingerprint density at radius 1 is 0.875 bits per heavy atom. The van der Waals surface area contributed by atoms with Crippen molar-refractivity contribution in [1.29, 1.82) is 0 Å². The van der Waals surface area contributed by atoms with E-state index in [1.54, 1.807) is 0 Å². The molecule has 3 aromatic carbocycles. The molecule has 0 aromatic heterocycles. The average molecular weight is 321 g/mol. The molecule has 0 radical (unpaired) electrons. The monoisotopic (exact) mass is 321 g/mol. The van der Waals surface area contributed by atoms with Crippen molar-refractivity contribution in [2.24, 2.45) is 0 Å². The number of fused-ring (bicyclic) bond motifs is 1. The van der Waals surface area contributed by atoms with E-state index in [-0.39, 0.29) is 6.61 Å². The lowest BCUT2D eigenvalue weighted by Crippen LogP contribution is -2.24. The second kappa shape index (κ2) is 7.58. The van der Waals surface area contributed by atoms with Gasteiger partial charge in [-0.1, -0.05) is 60.7 Å². The molecule has 24 heavy (non-hydrogen) atoms. The van der Waals surface area contributed by atoms with E-state index in [0.717, 1.165) is 28.6 Å². The molecule has 0 aliphatic heterocycles. The molecular formula is C21H23NO2. The summed E-state index contributed by atoms with van der Waals surface area (Å²) in [5.41, 5.74) is 2.98. The van der Waals surface area contributed by atoms with Crippen molar-refractivity contribution in [2.45, 2.75) is 19.3 Å². The second-order valence-electron chi connectivity index (χ2n) is 6.30. The highest BCUT2D eigenvalue weighted by Crippen LogP contribution is 2.21. The third-order valence-electron chi connectivity index (χ3n) is 4.27. The highest BCUT2D eigenvalue weighted by atomic mass is 16.3. The van der Waals surface area contributed by atoms with Crippen LogP contribution in [0.5, 0.6) is 0 Å². The molecule has 3 rings (SSSR count). The summed E-state index contributed by atoms with van der Waals surface area (Å²) < 4.78 is 0. The van der Waals surface area contributed by atoms with E-state index in [0.29, 0.717) is 6.54 Å². The summed E-state index contributed by atoms with van der Waals surface area (Å²) in [7, 11) is 2.00. The lowest BCUT2D eigenvalue weighted by atomic mass is 10.0. The van der Waals surface area contributed by atoms with Gasteiger partial charge in [0.2, 0.25) is 0 Å². The zero-order valence-corrected chi connectivity index (χ0v) is 13.9. The van der Waals surface area contributed by atoms with Crippen LogP contribution < -0.4 is 0 Å². The Kier molecular flexibility index (Phi) is 5.26. The number of benzene rings is 3. The molecule has 0 heterocycles. The maximum Gasteiger partial charge on any atom is 0.0917 e. The third kappa shape index (κ3) is 4.01. The second-order valence-corrected chi connectivity index (χ2v) is 6.30. The molecule has 0 aliphatic rings. The average Bonchev–Trinajstić information content (AvgIpc) is 2.61. The highest BCUT2D eigenvalue weighted by molar-refractivity contribution is 5.83. The standard InChI is InChI=1S/C21H23NO2/c1-22(13-16-5-4-6-17(11-16)15-23)14-21(24)20-10-9-18-7-2-3-8-19(18)12-20/h2-12,21,23-24H,13-15H2,1H3. The van der Waals surface area contributed by atoms with Crippen LogP contribution in [-0.2, 0) is 13.2 Å². The van der Waals surface area contributed by atoms with Crippen LogP contribution >= 0.6 is 0 Å². The Morgan fingerprint density at radius 2 is 1.62 bits per heavy atom. The van der Waals surface area contributed by atoms with E-state index in [2.05, 4.69) is 29.2 Å². The molecule has 0 amide bonds. The minimum atomic E-state index is -0.527. The number of rotatable bonds is 6. The first kappa shape index (κ1) is 16.7. The Hall–Kier alpha value is -2.20. The van der Waals surface area contributed by atoms with Crippen LogP contribution in [0.3, 0.4) is 0 Å². The lowest BCUT2D eigenvalue weighted by molar-refractivity contribution is 0.124. The van der Waals surface area contributed by atoms with Crippen molar-refractivity contribution in [1.82, 2.24) is 4.90 Å². The van der Waals surface area contributed by atoms with Gasteiger partial charge >= 0.3 is 0 Å². The molecule has 3 heteroatoms. The molecule has 0 spiro atoms. The number of hydrogen-bond donors (Lipinski definition) is 2. The predicted molar refractivity (Wildman–Crippen MR) is 97.6 cm³/mol. The summed E-state index contributed by atoms with van der Waals surface area (Å²) in [6.45, 7) is 1.34. The minimum absolute atomic E-state index is 0.0528. The van der Waals surface area contributed by atoms with E-state index in [1.807, 2.05) is 49.5 Å². The molecule has 1 atom stereocenters. The summed E-state index contributed by atoms with van der Waals surface area (Å²) >= 11 is 0. The summed E-state index contributed by atoms with van der Waals surface area (Å²) in [6.07, 6.45) is -0.527. The first-order valence-electron chi connectivity index (χ1n) is 8.19. The number of hydrogen-bond acceptors (Lipinski definition) is 3. The van der Waals surface area contributed by atoms with Gasteiger partial charge in [-0.25, -0.2) is 0 Å². The zero-order chi connectivity index (χ0) is 16.9. The maximum atomic E-state index is 10.5. The van der Waals surface area contributed by atoms with Gasteiger partial charge < -0.3 is 10.2 Å². The maximum absolute atomic E-state index is 10.5. The quantitative estimate of drug-likeness (QED) is 0.730. The molecule has 3 aromatic rings. The summed E-state index contributed by atoms with van der Waals surface area (Å²) in [4.78, 5) is 2.09.